The molecule has 3 aliphatic carbocycles. The molecule has 6 heteroatoms. The first-order valence-electron chi connectivity index (χ1n) is 8.04. The van der Waals surface area contributed by atoms with Crippen LogP contribution in [0.3, 0.4) is 0 Å². The van der Waals surface area contributed by atoms with Crippen LogP contribution in [0.25, 0.3) is 0 Å². The predicted octanol–water partition coefficient (Wildman–Crippen LogP) is 3.23. The summed E-state index contributed by atoms with van der Waals surface area (Å²) in [5.74, 6) is -1.33. The molecule has 2 N–H and O–H groups in total. The minimum absolute atomic E-state index is 0.252. The number of aliphatic carboxylic acids is 1. The Morgan fingerprint density at radius 1 is 1.25 bits per heavy atom. The van der Waals surface area contributed by atoms with Crippen LogP contribution in [0.4, 0.5) is 9.18 Å². The Hall–Kier alpha value is -2.11. The van der Waals surface area contributed by atoms with Crippen molar-refractivity contribution in [2.75, 3.05) is 0 Å². The highest BCUT2D eigenvalue weighted by atomic mass is 19.1. The van der Waals surface area contributed by atoms with Crippen molar-refractivity contribution in [3.8, 4) is 0 Å². The van der Waals surface area contributed by atoms with E-state index in [0.29, 0.717) is 24.8 Å². The van der Waals surface area contributed by atoms with Gasteiger partial charge in [0.15, 0.2) is 0 Å². The highest BCUT2D eigenvalue weighted by Gasteiger charge is 2.73. The van der Waals surface area contributed by atoms with Crippen molar-refractivity contribution in [1.29, 1.82) is 0 Å². The summed E-state index contributed by atoms with van der Waals surface area (Å²) in [6, 6.07) is 5.61. The maximum atomic E-state index is 14.0. The lowest BCUT2D eigenvalue weighted by Gasteiger charge is -2.72. The van der Waals surface area contributed by atoms with Crippen LogP contribution in [0.1, 0.15) is 45.6 Å². The largest absolute Gasteiger partial charge is 0.480 e. The van der Waals surface area contributed by atoms with Crippen molar-refractivity contribution in [2.24, 2.45) is 5.41 Å². The molecule has 0 aromatic heterocycles. The Balaban J connectivity index is 1.70. The fourth-order valence-electron chi connectivity index (χ4n) is 4.25. The van der Waals surface area contributed by atoms with Gasteiger partial charge in [-0.25, -0.2) is 14.0 Å². The maximum Gasteiger partial charge on any atom is 0.408 e. The number of rotatable bonds is 4. The van der Waals surface area contributed by atoms with E-state index < -0.39 is 29.1 Å². The molecule has 3 aliphatic rings. The number of hydrogen-bond donors (Lipinski definition) is 2. The second-order valence-electron chi connectivity index (χ2n) is 8.07. The number of carbonyl (C=O) groups excluding carboxylic acids is 1. The second-order valence-corrected chi connectivity index (χ2v) is 8.07. The molecule has 3 fully saturated rings. The molecule has 4 rings (SSSR count). The number of nitrogens with one attached hydrogen (secondary N) is 1. The average Bonchev–Trinajstić information content (AvgIpc) is 2.34. The quantitative estimate of drug-likeness (QED) is 0.886. The molecule has 0 aliphatic heterocycles. The van der Waals surface area contributed by atoms with Crippen molar-refractivity contribution in [3.05, 3.63) is 35.6 Å². The summed E-state index contributed by atoms with van der Waals surface area (Å²) in [6.45, 7) is 5.16. The van der Waals surface area contributed by atoms with Gasteiger partial charge in [0.25, 0.3) is 0 Å². The van der Waals surface area contributed by atoms with Gasteiger partial charge in [0, 0.05) is 10.8 Å². The molecule has 0 radical (unpaired) electrons. The van der Waals surface area contributed by atoms with Gasteiger partial charge in [-0.2, -0.15) is 0 Å². The van der Waals surface area contributed by atoms with Gasteiger partial charge in [0.1, 0.15) is 17.5 Å². The Bertz CT molecular complexity index is 675. The van der Waals surface area contributed by atoms with Crippen LogP contribution in [-0.4, -0.2) is 28.8 Å². The topological polar surface area (TPSA) is 75.6 Å². The van der Waals surface area contributed by atoms with Gasteiger partial charge in [0.2, 0.25) is 0 Å². The smallest absolute Gasteiger partial charge is 0.408 e. The highest BCUT2D eigenvalue weighted by molar-refractivity contribution is 5.82. The first kappa shape index (κ1) is 16.7. The molecule has 5 nitrogen and oxygen atoms in total. The summed E-state index contributed by atoms with van der Waals surface area (Å²) >= 11 is 0. The Morgan fingerprint density at radius 3 is 2.33 bits per heavy atom. The van der Waals surface area contributed by atoms with E-state index in [1.165, 1.54) is 6.07 Å². The van der Waals surface area contributed by atoms with Crippen LogP contribution in [0.5, 0.6) is 0 Å². The summed E-state index contributed by atoms with van der Waals surface area (Å²) in [7, 11) is 0. The maximum absolute atomic E-state index is 14.0. The van der Waals surface area contributed by atoms with Crippen molar-refractivity contribution in [1.82, 2.24) is 5.32 Å². The molecule has 2 bridgehead atoms. The molecule has 0 heterocycles. The van der Waals surface area contributed by atoms with Crippen molar-refractivity contribution in [2.45, 2.75) is 57.1 Å². The monoisotopic (exact) mass is 335 g/mol. The molecule has 0 saturated heterocycles. The van der Waals surface area contributed by atoms with Crippen LogP contribution < -0.4 is 5.32 Å². The number of amides is 1. The van der Waals surface area contributed by atoms with Gasteiger partial charge in [-0.1, -0.05) is 18.2 Å². The highest BCUT2D eigenvalue weighted by Crippen LogP contribution is 2.75. The molecule has 1 atom stereocenters. The molecule has 1 unspecified atom stereocenters. The normalized spacial score (nSPS) is 29.0. The zero-order chi connectivity index (χ0) is 17.8. The molecule has 130 valence electrons. The SMILES string of the molecule is CC(C)(C)OC(=O)NC(C(=O)O)C12CC(c3ccccc3F)(C1)C2. The van der Waals surface area contributed by atoms with E-state index in [9.17, 15) is 19.1 Å². The third-order valence-corrected chi connectivity index (χ3v) is 5.04. The summed E-state index contributed by atoms with van der Waals surface area (Å²) < 4.78 is 19.2. The van der Waals surface area contributed by atoms with E-state index in [0.717, 1.165) is 0 Å². The summed E-state index contributed by atoms with van der Waals surface area (Å²) in [5, 5.41) is 12.0. The third-order valence-electron chi connectivity index (χ3n) is 5.04. The van der Waals surface area contributed by atoms with E-state index in [1.807, 2.05) is 0 Å². The molecular weight excluding hydrogens is 313 g/mol. The van der Waals surface area contributed by atoms with Gasteiger partial charge in [0.05, 0.1) is 0 Å². The number of benzene rings is 1. The van der Waals surface area contributed by atoms with Crippen LogP contribution in [-0.2, 0) is 14.9 Å². The number of alkyl carbamates (subject to hydrolysis) is 1. The number of carboxylic acid groups (broad SMARTS) is 1. The first-order valence-corrected chi connectivity index (χ1v) is 8.04. The molecule has 0 spiro atoms. The standard InChI is InChI=1S/C18H22FNO4/c1-16(2,3)24-15(23)20-13(14(21)22)18-8-17(9-18,10-18)11-6-4-5-7-12(11)19/h4-7,13H,8-10H2,1-3H3,(H,20,23)(H,21,22). The zero-order valence-electron chi connectivity index (χ0n) is 14.1. The third kappa shape index (κ3) is 2.64. The summed E-state index contributed by atoms with van der Waals surface area (Å²) in [4.78, 5) is 23.6. The lowest BCUT2D eigenvalue weighted by molar-refractivity contribution is -0.184. The molecule has 1 amide bonds. The van der Waals surface area contributed by atoms with Crippen LogP contribution in [0, 0.1) is 11.2 Å². The molecule has 1 aromatic carbocycles. The Labute approximate surface area is 140 Å². The lowest BCUT2D eigenvalue weighted by atomic mass is 9.31. The van der Waals surface area contributed by atoms with Crippen molar-refractivity contribution >= 4 is 12.1 Å². The van der Waals surface area contributed by atoms with Crippen LogP contribution in [0.15, 0.2) is 24.3 Å². The summed E-state index contributed by atoms with van der Waals surface area (Å²) in [6.07, 6.45) is 0.953. The number of carboxylic acids is 1. The summed E-state index contributed by atoms with van der Waals surface area (Å²) in [5.41, 5.74) is -0.839. The number of ether oxygens (including phenoxy) is 1. The van der Waals surface area contributed by atoms with Gasteiger partial charge >= 0.3 is 12.1 Å². The van der Waals surface area contributed by atoms with Gasteiger partial charge < -0.3 is 15.2 Å². The molecule has 1 aromatic rings. The first-order chi connectivity index (χ1) is 11.1. The van der Waals surface area contributed by atoms with Gasteiger partial charge in [-0.3, -0.25) is 0 Å². The zero-order valence-corrected chi connectivity index (χ0v) is 14.1. The van der Waals surface area contributed by atoms with E-state index in [1.54, 1.807) is 39.0 Å². The average molecular weight is 335 g/mol. The number of halogens is 1. The Morgan fingerprint density at radius 2 is 1.83 bits per heavy atom. The van der Waals surface area contributed by atoms with Crippen molar-refractivity contribution < 1.29 is 23.8 Å². The minimum atomic E-state index is -1.08. The van der Waals surface area contributed by atoms with Gasteiger partial charge in [-0.15, -0.1) is 0 Å². The Kier molecular flexibility index (Phi) is 3.62. The number of hydrogen-bond acceptors (Lipinski definition) is 3. The van der Waals surface area contributed by atoms with E-state index in [-0.39, 0.29) is 11.2 Å². The fraction of sp³-hybridized carbons (Fsp3) is 0.556. The second kappa shape index (κ2) is 5.19. The van der Waals surface area contributed by atoms with E-state index in [2.05, 4.69) is 5.32 Å². The lowest BCUT2D eigenvalue weighted by Crippen LogP contribution is -2.73. The molecule has 3 saturated carbocycles. The van der Waals surface area contributed by atoms with Crippen molar-refractivity contribution in [3.63, 3.8) is 0 Å². The minimum Gasteiger partial charge on any atom is -0.480 e. The van der Waals surface area contributed by atoms with Crippen LogP contribution >= 0.6 is 0 Å². The number of carbonyl (C=O) groups is 2. The van der Waals surface area contributed by atoms with E-state index >= 15 is 0 Å². The molecular formula is C18H22FNO4. The fourth-order valence-corrected chi connectivity index (χ4v) is 4.25. The van der Waals surface area contributed by atoms with Gasteiger partial charge in [-0.05, 0) is 51.7 Å². The van der Waals surface area contributed by atoms with Crippen LogP contribution in [0.2, 0.25) is 0 Å². The predicted molar refractivity (Wildman–Crippen MR) is 85.2 cm³/mol. The molecule has 24 heavy (non-hydrogen) atoms. The van der Waals surface area contributed by atoms with E-state index in [4.69, 9.17) is 4.74 Å².